The minimum absolute atomic E-state index is 0.214. The molecule has 0 atom stereocenters. The Balaban J connectivity index is 1.82. The third-order valence-electron chi connectivity index (χ3n) is 3.18. The summed E-state index contributed by atoms with van der Waals surface area (Å²) in [4.78, 5) is 17.6. The number of halogens is 1. The van der Waals surface area contributed by atoms with Crippen LogP contribution in [0.5, 0.6) is 0 Å². The Labute approximate surface area is 121 Å². The number of anilines is 1. The van der Waals surface area contributed by atoms with E-state index in [9.17, 15) is 0 Å². The van der Waals surface area contributed by atoms with Gasteiger partial charge in [-0.05, 0) is 23.6 Å². The van der Waals surface area contributed by atoms with Crippen LogP contribution in [0, 0.1) is 0 Å². The molecule has 0 aliphatic heterocycles. The minimum Gasteiger partial charge on any atom is -0.357 e. The third kappa shape index (κ3) is 2.58. The zero-order valence-electron chi connectivity index (χ0n) is 11.0. The van der Waals surface area contributed by atoms with Crippen LogP contribution in [0.15, 0.2) is 36.7 Å². The molecule has 0 bridgehead atoms. The van der Waals surface area contributed by atoms with Crippen molar-refractivity contribution in [2.45, 2.75) is 6.42 Å². The van der Waals surface area contributed by atoms with E-state index >= 15 is 0 Å². The lowest BCUT2D eigenvalue weighted by Gasteiger charge is -2.18. The number of likely N-dealkylation sites (N-methyl/N-ethyl adjacent to an activating group) is 1. The van der Waals surface area contributed by atoms with Gasteiger partial charge in [-0.3, -0.25) is 0 Å². The molecule has 102 valence electrons. The van der Waals surface area contributed by atoms with Gasteiger partial charge < -0.3 is 9.88 Å². The molecule has 0 aliphatic rings. The summed E-state index contributed by atoms with van der Waals surface area (Å²) in [5, 5.41) is 0.214. The number of nitrogens with one attached hydrogen (secondary N) is 1. The number of hydrogen-bond donors (Lipinski definition) is 1. The molecule has 0 radical (unpaired) electrons. The smallest absolute Gasteiger partial charge is 0.226 e. The van der Waals surface area contributed by atoms with E-state index in [0.717, 1.165) is 24.3 Å². The molecule has 3 aromatic rings. The van der Waals surface area contributed by atoms with Gasteiger partial charge in [0.25, 0.3) is 0 Å². The van der Waals surface area contributed by atoms with Crippen LogP contribution in [0.4, 0.5) is 5.82 Å². The van der Waals surface area contributed by atoms with Crippen molar-refractivity contribution in [3.05, 3.63) is 47.5 Å². The zero-order valence-corrected chi connectivity index (χ0v) is 11.8. The Morgan fingerprint density at radius 1 is 1.20 bits per heavy atom. The lowest BCUT2D eigenvalue weighted by molar-refractivity contribution is 0.860. The average molecular weight is 288 g/mol. The number of H-pyrrole nitrogens is 1. The van der Waals surface area contributed by atoms with Gasteiger partial charge in [0.1, 0.15) is 5.52 Å². The molecule has 0 fully saturated rings. The number of aromatic amines is 1. The van der Waals surface area contributed by atoms with Gasteiger partial charge in [0.15, 0.2) is 11.5 Å². The van der Waals surface area contributed by atoms with Crippen LogP contribution in [0.2, 0.25) is 5.28 Å². The molecule has 0 amide bonds. The van der Waals surface area contributed by atoms with Gasteiger partial charge in [0.05, 0.1) is 6.33 Å². The second-order valence-corrected chi connectivity index (χ2v) is 4.91. The number of aromatic nitrogens is 4. The van der Waals surface area contributed by atoms with Crippen molar-refractivity contribution in [3.63, 3.8) is 0 Å². The van der Waals surface area contributed by atoms with Gasteiger partial charge in [-0.2, -0.15) is 9.97 Å². The normalized spacial score (nSPS) is 10.9. The van der Waals surface area contributed by atoms with Crippen LogP contribution in [0.1, 0.15) is 5.56 Å². The first kappa shape index (κ1) is 12.9. The molecule has 2 heterocycles. The zero-order chi connectivity index (χ0) is 13.9. The van der Waals surface area contributed by atoms with E-state index in [1.54, 1.807) is 6.33 Å². The van der Waals surface area contributed by atoms with Gasteiger partial charge in [-0.15, -0.1) is 0 Å². The average Bonchev–Trinajstić information content (AvgIpc) is 2.93. The summed E-state index contributed by atoms with van der Waals surface area (Å²) in [6, 6.07) is 10.3. The molecule has 6 heteroatoms. The van der Waals surface area contributed by atoms with Gasteiger partial charge in [0, 0.05) is 13.6 Å². The van der Waals surface area contributed by atoms with Crippen molar-refractivity contribution in [1.82, 2.24) is 19.9 Å². The van der Waals surface area contributed by atoms with Crippen LogP contribution in [0.3, 0.4) is 0 Å². The van der Waals surface area contributed by atoms with Gasteiger partial charge >= 0.3 is 0 Å². The van der Waals surface area contributed by atoms with E-state index in [-0.39, 0.29) is 5.28 Å². The molecule has 3 rings (SSSR count). The number of imidazole rings is 1. The van der Waals surface area contributed by atoms with E-state index in [1.807, 2.05) is 25.2 Å². The first-order valence-electron chi connectivity index (χ1n) is 6.36. The summed E-state index contributed by atoms with van der Waals surface area (Å²) in [7, 11) is 1.99. The number of rotatable bonds is 4. The van der Waals surface area contributed by atoms with Crippen LogP contribution in [0.25, 0.3) is 11.2 Å². The highest BCUT2D eigenvalue weighted by Gasteiger charge is 2.12. The number of nitrogens with zero attached hydrogens (tertiary/aromatic N) is 4. The quantitative estimate of drug-likeness (QED) is 0.750. The first-order valence-corrected chi connectivity index (χ1v) is 6.73. The summed E-state index contributed by atoms with van der Waals surface area (Å²) >= 11 is 5.94. The molecule has 1 N–H and O–H groups in total. The Morgan fingerprint density at radius 3 is 2.80 bits per heavy atom. The van der Waals surface area contributed by atoms with Gasteiger partial charge in [-0.25, -0.2) is 4.98 Å². The fourth-order valence-corrected chi connectivity index (χ4v) is 2.28. The Morgan fingerprint density at radius 2 is 2.00 bits per heavy atom. The fraction of sp³-hybridized carbons (Fsp3) is 0.214. The van der Waals surface area contributed by atoms with E-state index in [2.05, 4.69) is 37.0 Å². The Kier molecular flexibility index (Phi) is 3.52. The fourth-order valence-electron chi connectivity index (χ4n) is 2.12. The maximum absolute atomic E-state index is 5.94. The molecule has 1 aromatic carbocycles. The van der Waals surface area contributed by atoms with Crippen molar-refractivity contribution in [1.29, 1.82) is 0 Å². The number of hydrogen-bond acceptors (Lipinski definition) is 4. The summed E-state index contributed by atoms with van der Waals surface area (Å²) in [6.45, 7) is 0.839. The first-order chi connectivity index (χ1) is 9.74. The maximum Gasteiger partial charge on any atom is 0.226 e. The molecule has 5 nitrogen and oxygen atoms in total. The molecule has 20 heavy (non-hydrogen) atoms. The highest BCUT2D eigenvalue weighted by molar-refractivity contribution is 6.28. The molecule has 0 saturated heterocycles. The van der Waals surface area contributed by atoms with E-state index in [4.69, 9.17) is 11.6 Å². The monoisotopic (exact) mass is 287 g/mol. The number of benzene rings is 1. The lowest BCUT2D eigenvalue weighted by atomic mass is 10.1. The summed E-state index contributed by atoms with van der Waals surface area (Å²) < 4.78 is 0. The van der Waals surface area contributed by atoms with Gasteiger partial charge in [0.2, 0.25) is 5.28 Å². The highest BCUT2D eigenvalue weighted by atomic mass is 35.5. The predicted molar refractivity (Wildman–Crippen MR) is 80.1 cm³/mol. The summed E-state index contributed by atoms with van der Waals surface area (Å²) in [5.41, 5.74) is 2.69. The Bertz CT molecular complexity index is 710. The summed E-state index contributed by atoms with van der Waals surface area (Å²) in [6.07, 6.45) is 2.54. The van der Waals surface area contributed by atoms with Crippen LogP contribution in [-0.2, 0) is 6.42 Å². The molecule has 2 aromatic heterocycles. The van der Waals surface area contributed by atoms with Crippen LogP contribution >= 0.6 is 11.6 Å². The van der Waals surface area contributed by atoms with Crippen LogP contribution < -0.4 is 4.90 Å². The van der Waals surface area contributed by atoms with Crippen LogP contribution in [-0.4, -0.2) is 33.5 Å². The van der Waals surface area contributed by atoms with E-state index in [1.165, 1.54) is 5.56 Å². The minimum atomic E-state index is 0.214. The largest absolute Gasteiger partial charge is 0.357 e. The summed E-state index contributed by atoms with van der Waals surface area (Å²) in [5.74, 6) is 0.772. The van der Waals surface area contributed by atoms with Crippen molar-refractivity contribution in [2.24, 2.45) is 0 Å². The van der Waals surface area contributed by atoms with Crippen molar-refractivity contribution in [3.8, 4) is 0 Å². The highest BCUT2D eigenvalue weighted by Crippen LogP contribution is 2.21. The standard InChI is InChI=1S/C14H14ClN5/c1-20(8-7-10-5-3-2-4-6-10)13-11-12(17-9-16-11)18-14(15)19-13/h2-6,9H,7-8H2,1H3,(H,16,17,18,19). The van der Waals surface area contributed by atoms with E-state index < -0.39 is 0 Å². The van der Waals surface area contributed by atoms with Gasteiger partial charge in [-0.1, -0.05) is 30.3 Å². The SMILES string of the molecule is CN(CCc1ccccc1)c1nc(Cl)nc2nc[nH]c12. The van der Waals surface area contributed by atoms with Crippen molar-refractivity contribution in [2.75, 3.05) is 18.5 Å². The Hall–Kier alpha value is -2.14. The molecular weight excluding hydrogens is 274 g/mol. The molecule has 0 unspecified atom stereocenters. The lowest BCUT2D eigenvalue weighted by Crippen LogP contribution is -2.22. The van der Waals surface area contributed by atoms with Crippen molar-refractivity contribution < 1.29 is 0 Å². The predicted octanol–water partition coefficient (Wildman–Crippen LogP) is 2.69. The number of fused-ring (bicyclic) bond motifs is 1. The molecular formula is C14H14ClN5. The molecule has 0 spiro atoms. The second-order valence-electron chi connectivity index (χ2n) is 4.57. The maximum atomic E-state index is 5.94. The topological polar surface area (TPSA) is 57.7 Å². The molecule has 0 saturated carbocycles. The second kappa shape index (κ2) is 5.46. The third-order valence-corrected chi connectivity index (χ3v) is 3.35. The molecule has 0 aliphatic carbocycles. The van der Waals surface area contributed by atoms with Crippen molar-refractivity contribution >= 4 is 28.6 Å². The van der Waals surface area contributed by atoms with E-state index in [0.29, 0.717) is 5.65 Å².